The van der Waals surface area contributed by atoms with Gasteiger partial charge in [0.15, 0.2) is 10.4 Å². The number of hydrogen-bond acceptors (Lipinski definition) is 4. The van der Waals surface area contributed by atoms with Gasteiger partial charge in [0.1, 0.15) is 0 Å². The molecule has 17 heavy (non-hydrogen) atoms. The zero-order valence-electron chi connectivity index (χ0n) is 9.14. The maximum absolute atomic E-state index is 11.6. The molecule has 1 rings (SSSR count). The molecule has 2 N–H and O–H groups in total. The summed E-state index contributed by atoms with van der Waals surface area (Å²) in [5, 5.41) is 7.05. The molecule has 0 fully saturated rings. The summed E-state index contributed by atoms with van der Waals surface area (Å²) in [6, 6.07) is 1.47. The summed E-state index contributed by atoms with van der Waals surface area (Å²) in [6.45, 7) is 2.78. The molecule has 1 aromatic heterocycles. The SMILES string of the molecule is Cc1cnc(Cl)c(NS(=O)(=O)C(C)C(=O)O)c1. The van der Waals surface area contributed by atoms with Crippen molar-refractivity contribution in [3.8, 4) is 0 Å². The minimum Gasteiger partial charge on any atom is -0.480 e. The first-order valence-electron chi connectivity index (χ1n) is 4.60. The molecule has 0 amide bonds. The molecule has 1 unspecified atom stereocenters. The second-order valence-corrected chi connectivity index (χ2v) is 5.84. The van der Waals surface area contributed by atoms with Gasteiger partial charge in [-0.2, -0.15) is 0 Å². The van der Waals surface area contributed by atoms with E-state index in [-0.39, 0.29) is 10.8 Å². The first-order chi connectivity index (χ1) is 7.74. The largest absolute Gasteiger partial charge is 0.480 e. The number of halogens is 1. The van der Waals surface area contributed by atoms with E-state index in [1.807, 2.05) is 0 Å². The first kappa shape index (κ1) is 13.7. The lowest BCUT2D eigenvalue weighted by atomic mass is 10.3. The van der Waals surface area contributed by atoms with Crippen molar-refractivity contribution in [1.82, 2.24) is 4.98 Å². The number of sulfonamides is 1. The summed E-state index contributed by atoms with van der Waals surface area (Å²) in [4.78, 5) is 14.4. The maximum Gasteiger partial charge on any atom is 0.323 e. The lowest BCUT2D eigenvalue weighted by molar-refractivity contribution is -0.136. The number of carbonyl (C=O) groups is 1. The van der Waals surface area contributed by atoms with Crippen LogP contribution in [0.15, 0.2) is 12.3 Å². The Morgan fingerprint density at radius 1 is 1.59 bits per heavy atom. The molecule has 0 bridgehead atoms. The van der Waals surface area contributed by atoms with E-state index in [0.717, 1.165) is 6.92 Å². The van der Waals surface area contributed by atoms with Gasteiger partial charge in [-0.3, -0.25) is 9.52 Å². The van der Waals surface area contributed by atoms with Crippen molar-refractivity contribution >= 4 is 33.3 Å². The lowest BCUT2D eigenvalue weighted by Gasteiger charge is -2.12. The van der Waals surface area contributed by atoms with Crippen LogP contribution in [0.4, 0.5) is 5.69 Å². The van der Waals surface area contributed by atoms with Gasteiger partial charge < -0.3 is 5.11 Å². The standard InChI is InChI=1S/C9H11ClN2O4S/c1-5-3-7(8(10)11-4-5)12-17(15,16)6(2)9(13)14/h3-4,6,12H,1-2H3,(H,13,14). The number of anilines is 1. The van der Waals surface area contributed by atoms with Crippen LogP contribution in [-0.4, -0.2) is 29.7 Å². The van der Waals surface area contributed by atoms with Gasteiger partial charge in [-0.15, -0.1) is 0 Å². The third-order valence-electron chi connectivity index (χ3n) is 2.04. The summed E-state index contributed by atoms with van der Waals surface area (Å²) in [5.41, 5.74) is 0.773. The van der Waals surface area contributed by atoms with E-state index in [0.29, 0.717) is 5.56 Å². The van der Waals surface area contributed by atoms with E-state index in [1.54, 1.807) is 6.92 Å². The number of aryl methyl sites for hydroxylation is 1. The van der Waals surface area contributed by atoms with Crippen LogP contribution < -0.4 is 4.72 Å². The molecule has 1 heterocycles. The first-order valence-corrected chi connectivity index (χ1v) is 6.53. The van der Waals surface area contributed by atoms with Crippen LogP contribution in [0.2, 0.25) is 5.15 Å². The number of pyridine rings is 1. The second kappa shape index (κ2) is 4.89. The van der Waals surface area contributed by atoms with Crippen LogP contribution in [0.1, 0.15) is 12.5 Å². The summed E-state index contributed by atoms with van der Waals surface area (Å²) in [7, 11) is -4.03. The van der Waals surface area contributed by atoms with Crippen molar-refractivity contribution in [1.29, 1.82) is 0 Å². The maximum atomic E-state index is 11.6. The Labute approximate surface area is 104 Å². The third-order valence-corrected chi connectivity index (χ3v) is 3.98. The van der Waals surface area contributed by atoms with E-state index in [9.17, 15) is 13.2 Å². The summed E-state index contributed by atoms with van der Waals surface area (Å²) < 4.78 is 25.4. The fraction of sp³-hybridized carbons (Fsp3) is 0.333. The predicted octanol–water partition coefficient (Wildman–Crippen LogP) is 1.26. The normalized spacial score (nSPS) is 13.1. The van der Waals surface area contributed by atoms with Crippen molar-refractivity contribution in [2.45, 2.75) is 19.1 Å². The molecular weight excluding hydrogens is 268 g/mol. The van der Waals surface area contributed by atoms with Crippen molar-refractivity contribution in [2.24, 2.45) is 0 Å². The van der Waals surface area contributed by atoms with Gasteiger partial charge in [-0.25, -0.2) is 13.4 Å². The van der Waals surface area contributed by atoms with Gasteiger partial charge in [0, 0.05) is 6.20 Å². The molecule has 0 aliphatic carbocycles. The highest BCUT2D eigenvalue weighted by Gasteiger charge is 2.28. The Kier molecular flexibility index (Phi) is 3.94. The zero-order valence-corrected chi connectivity index (χ0v) is 10.7. The highest BCUT2D eigenvalue weighted by molar-refractivity contribution is 7.94. The molecule has 8 heteroatoms. The van der Waals surface area contributed by atoms with Gasteiger partial charge in [-0.1, -0.05) is 11.6 Å². The van der Waals surface area contributed by atoms with E-state index in [2.05, 4.69) is 9.71 Å². The lowest BCUT2D eigenvalue weighted by Crippen LogP contribution is -2.32. The summed E-state index contributed by atoms with van der Waals surface area (Å²) in [5.74, 6) is -1.44. The van der Waals surface area contributed by atoms with Crippen LogP contribution in [0.25, 0.3) is 0 Å². The zero-order chi connectivity index (χ0) is 13.2. The number of carboxylic acid groups (broad SMARTS) is 1. The Morgan fingerprint density at radius 3 is 2.71 bits per heavy atom. The van der Waals surface area contributed by atoms with E-state index >= 15 is 0 Å². The molecule has 0 saturated heterocycles. The van der Waals surface area contributed by atoms with Crippen LogP contribution in [0.3, 0.4) is 0 Å². The van der Waals surface area contributed by atoms with Crippen molar-refractivity contribution in [2.75, 3.05) is 4.72 Å². The average molecular weight is 279 g/mol. The van der Waals surface area contributed by atoms with Gasteiger partial charge in [-0.05, 0) is 25.5 Å². The molecule has 0 spiro atoms. The number of aliphatic carboxylic acids is 1. The highest BCUT2D eigenvalue weighted by atomic mass is 35.5. The molecule has 0 radical (unpaired) electrons. The van der Waals surface area contributed by atoms with Crippen LogP contribution in [-0.2, 0) is 14.8 Å². The van der Waals surface area contributed by atoms with Gasteiger partial charge in [0.25, 0.3) is 0 Å². The van der Waals surface area contributed by atoms with E-state index in [4.69, 9.17) is 16.7 Å². The average Bonchev–Trinajstić information content (AvgIpc) is 2.21. The van der Waals surface area contributed by atoms with Crippen molar-refractivity contribution < 1.29 is 18.3 Å². The molecule has 0 saturated carbocycles. The van der Waals surface area contributed by atoms with Crippen LogP contribution in [0, 0.1) is 6.92 Å². The third kappa shape index (κ3) is 3.31. The molecule has 0 aliphatic rings. The van der Waals surface area contributed by atoms with Gasteiger partial charge in [0.2, 0.25) is 10.0 Å². The van der Waals surface area contributed by atoms with Crippen molar-refractivity contribution in [3.63, 3.8) is 0 Å². The van der Waals surface area contributed by atoms with E-state index < -0.39 is 21.2 Å². The molecular formula is C9H11ClN2O4S. The van der Waals surface area contributed by atoms with Crippen molar-refractivity contribution in [3.05, 3.63) is 23.0 Å². The number of nitrogens with one attached hydrogen (secondary N) is 1. The fourth-order valence-electron chi connectivity index (χ4n) is 0.998. The smallest absolute Gasteiger partial charge is 0.323 e. The number of hydrogen-bond donors (Lipinski definition) is 2. The Morgan fingerprint density at radius 2 is 2.18 bits per heavy atom. The van der Waals surface area contributed by atoms with Crippen LogP contribution in [0.5, 0.6) is 0 Å². The number of aromatic nitrogens is 1. The fourth-order valence-corrected chi connectivity index (χ4v) is 2.11. The molecule has 94 valence electrons. The quantitative estimate of drug-likeness (QED) is 0.808. The van der Waals surface area contributed by atoms with Gasteiger partial charge in [0.05, 0.1) is 5.69 Å². The highest BCUT2D eigenvalue weighted by Crippen LogP contribution is 2.22. The summed E-state index contributed by atoms with van der Waals surface area (Å²) >= 11 is 5.70. The molecule has 1 atom stereocenters. The monoisotopic (exact) mass is 278 g/mol. The Bertz CT molecular complexity index is 544. The molecule has 0 aliphatic heterocycles. The Hall–Kier alpha value is -1.34. The molecule has 6 nitrogen and oxygen atoms in total. The Balaban J connectivity index is 3.06. The van der Waals surface area contributed by atoms with Crippen LogP contribution >= 0.6 is 11.6 Å². The molecule has 0 aromatic carbocycles. The minimum absolute atomic E-state index is 0.0308. The second-order valence-electron chi connectivity index (χ2n) is 3.48. The number of nitrogens with zero attached hydrogens (tertiary/aromatic N) is 1. The van der Waals surface area contributed by atoms with Gasteiger partial charge >= 0.3 is 5.97 Å². The summed E-state index contributed by atoms with van der Waals surface area (Å²) in [6.07, 6.45) is 1.47. The van der Waals surface area contributed by atoms with E-state index in [1.165, 1.54) is 12.3 Å². The number of rotatable bonds is 4. The topological polar surface area (TPSA) is 96.4 Å². The minimum atomic E-state index is -4.03. The number of carboxylic acids is 1. The predicted molar refractivity (Wildman–Crippen MR) is 63.6 cm³/mol. The molecule has 1 aromatic rings.